The number of rotatable bonds is 2. The number of hydrogen-bond acceptors (Lipinski definition) is 3. The zero-order valence-corrected chi connectivity index (χ0v) is 11.2. The van der Waals surface area contributed by atoms with Gasteiger partial charge in [0.15, 0.2) is 0 Å². The van der Waals surface area contributed by atoms with Crippen LogP contribution in [0.3, 0.4) is 0 Å². The third kappa shape index (κ3) is 4.97. The van der Waals surface area contributed by atoms with Gasteiger partial charge in [0.2, 0.25) is 0 Å². The molecule has 1 heterocycles. The molecule has 0 amide bonds. The maximum atomic E-state index is 11.7. The van der Waals surface area contributed by atoms with Crippen LogP contribution in [0, 0.1) is 5.92 Å². The number of nitrogens with one attached hydrogen (secondary N) is 1. The molecule has 94 valence electrons. The van der Waals surface area contributed by atoms with Gasteiger partial charge in [0.1, 0.15) is 5.60 Å². The molecule has 1 saturated heterocycles. The third-order valence-corrected chi connectivity index (χ3v) is 2.83. The zero-order valence-electron chi connectivity index (χ0n) is 11.2. The van der Waals surface area contributed by atoms with Crippen LogP contribution in [0.4, 0.5) is 0 Å². The lowest BCUT2D eigenvalue weighted by atomic mass is 9.83. The highest BCUT2D eigenvalue weighted by atomic mass is 16.6. The van der Waals surface area contributed by atoms with Crippen molar-refractivity contribution in [1.82, 2.24) is 5.32 Å². The lowest BCUT2D eigenvalue weighted by molar-refractivity contribution is -0.156. The standard InChI is InChI=1S/C13H25NO2/c1-12(2,3)16-11(15)8-10-6-7-14-13(4,5)9-10/h10,14H,6-9H2,1-5H3. The van der Waals surface area contributed by atoms with Gasteiger partial charge in [-0.2, -0.15) is 0 Å². The fourth-order valence-electron chi connectivity index (χ4n) is 2.30. The Morgan fingerprint density at radius 2 is 2.06 bits per heavy atom. The van der Waals surface area contributed by atoms with Gasteiger partial charge in [-0.3, -0.25) is 4.79 Å². The van der Waals surface area contributed by atoms with Crippen molar-refractivity contribution < 1.29 is 9.53 Å². The number of carbonyl (C=O) groups is 1. The molecule has 0 spiro atoms. The second kappa shape index (κ2) is 4.74. The molecule has 0 saturated carbocycles. The van der Waals surface area contributed by atoms with E-state index >= 15 is 0 Å². The SMILES string of the molecule is CC1(C)CC(CC(=O)OC(C)(C)C)CCN1. The summed E-state index contributed by atoms with van der Waals surface area (Å²) in [6, 6.07) is 0. The van der Waals surface area contributed by atoms with Crippen molar-refractivity contribution in [1.29, 1.82) is 0 Å². The molecule has 0 aliphatic carbocycles. The van der Waals surface area contributed by atoms with Crippen LogP contribution < -0.4 is 5.32 Å². The molecule has 1 rings (SSSR count). The highest BCUT2D eigenvalue weighted by Gasteiger charge is 2.29. The van der Waals surface area contributed by atoms with Crippen molar-refractivity contribution in [2.45, 2.75) is 65.0 Å². The van der Waals surface area contributed by atoms with E-state index in [9.17, 15) is 4.79 Å². The molecule has 1 fully saturated rings. The highest BCUT2D eigenvalue weighted by Crippen LogP contribution is 2.27. The molecule has 3 nitrogen and oxygen atoms in total. The molecule has 0 bridgehead atoms. The van der Waals surface area contributed by atoms with Crippen molar-refractivity contribution in [3.63, 3.8) is 0 Å². The monoisotopic (exact) mass is 227 g/mol. The van der Waals surface area contributed by atoms with Crippen molar-refractivity contribution in [3.8, 4) is 0 Å². The Labute approximate surface area is 98.9 Å². The van der Waals surface area contributed by atoms with E-state index in [-0.39, 0.29) is 17.1 Å². The van der Waals surface area contributed by atoms with Crippen LogP contribution >= 0.6 is 0 Å². The normalized spacial score (nSPS) is 25.2. The van der Waals surface area contributed by atoms with E-state index < -0.39 is 0 Å². The van der Waals surface area contributed by atoms with Gasteiger partial charge in [0.25, 0.3) is 0 Å². The van der Waals surface area contributed by atoms with E-state index in [1.807, 2.05) is 20.8 Å². The van der Waals surface area contributed by atoms with Crippen molar-refractivity contribution in [3.05, 3.63) is 0 Å². The molecule has 1 unspecified atom stereocenters. The first-order chi connectivity index (χ1) is 7.18. The summed E-state index contributed by atoms with van der Waals surface area (Å²) in [6.45, 7) is 11.1. The van der Waals surface area contributed by atoms with E-state index in [1.165, 1.54) is 0 Å². The van der Waals surface area contributed by atoms with Gasteiger partial charge < -0.3 is 10.1 Å². The third-order valence-electron chi connectivity index (χ3n) is 2.83. The summed E-state index contributed by atoms with van der Waals surface area (Å²) in [5.74, 6) is 0.404. The number of hydrogen-bond donors (Lipinski definition) is 1. The summed E-state index contributed by atoms with van der Waals surface area (Å²) in [4.78, 5) is 11.7. The zero-order chi connectivity index (χ0) is 12.4. The predicted octanol–water partition coefficient (Wildman–Crippen LogP) is 2.50. The highest BCUT2D eigenvalue weighted by molar-refractivity contribution is 5.70. The second-order valence-corrected chi connectivity index (χ2v) is 6.46. The summed E-state index contributed by atoms with van der Waals surface area (Å²) in [5, 5.41) is 3.46. The number of carbonyl (C=O) groups excluding carboxylic acids is 1. The second-order valence-electron chi connectivity index (χ2n) is 6.46. The Morgan fingerprint density at radius 1 is 1.44 bits per heavy atom. The summed E-state index contributed by atoms with van der Waals surface area (Å²) in [6.07, 6.45) is 2.68. The minimum atomic E-state index is -0.362. The van der Waals surface area contributed by atoms with Crippen LogP contribution in [0.15, 0.2) is 0 Å². The maximum absolute atomic E-state index is 11.7. The van der Waals surface area contributed by atoms with E-state index in [2.05, 4.69) is 19.2 Å². The van der Waals surface area contributed by atoms with Gasteiger partial charge in [0.05, 0.1) is 0 Å². The van der Waals surface area contributed by atoms with Gasteiger partial charge in [-0.15, -0.1) is 0 Å². The van der Waals surface area contributed by atoms with E-state index in [1.54, 1.807) is 0 Å². The summed E-state index contributed by atoms with van der Waals surface area (Å²) < 4.78 is 5.35. The Morgan fingerprint density at radius 3 is 2.56 bits per heavy atom. The van der Waals surface area contributed by atoms with Gasteiger partial charge in [0, 0.05) is 12.0 Å². The Balaban J connectivity index is 2.40. The lowest BCUT2D eigenvalue weighted by Crippen LogP contribution is -2.46. The van der Waals surface area contributed by atoms with E-state index in [4.69, 9.17) is 4.74 Å². The number of piperidine rings is 1. The van der Waals surface area contributed by atoms with Gasteiger partial charge in [-0.25, -0.2) is 0 Å². The van der Waals surface area contributed by atoms with Crippen LogP contribution in [0.25, 0.3) is 0 Å². The van der Waals surface area contributed by atoms with Crippen molar-refractivity contribution in [2.75, 3.05) is 6.54 Å². The average molecular weight is 227 g/mol. The van der Waals surface area contributed by atoms with Crippen LogP contribution in [-0.4, -0.2) is 23.7 Å². The topological polar surface area (TPSA) is 38.3 Å². The van der Waals surface area contributed by atoms with Gasteiger partial charge in [-0.1, -0.05) is 0 Å². The lowest BCUT2D eigenvalue weighted by Gasteiger charge is -2.36. The molecule has 3 heteroatoms. The Kier molecular flexibility index (Phi) is 4.00. The van der Waals surface area contributed by atoms with Crippen molar-refractivity contribution >= 4 is 5.97 Å². The molecular weight excluding hydrogens is 202 g/mol. The molecule has 0 aromatic carbocycles. The molecular formula is C13H25NO2. The smallest absolute Gasteiger partial charge is 0.306 e. The maximum Gasteiger partial charge on any atom is 0.306 e. The molecule has 0 radical (unpaired) electrons. The fourth-order valence-corrected chi connectivity index (χ4v) is 2.30. The van der Waals surface area contributed by atoms with Gasteiger partial charge >= 0.3 is 5.97 Å². The van der Waals surface area contributed by atoms with E-state index in [0.717, 1.165) is 19.4 Å². The van der Waals surface area contributed by atoms with Crippen LogP contribution in [0.2, 0.25) is 0 Å². The first-order valence-electron chi connectivity index (χ1n) is 6.15. The number of ether oxygens (including phenoxy) is 1. The van der Waals surface area contributed by atoms with Crippen LogP contribution in [0.1, 0.15) is 53.9 Å². The quantitative estimate of drug-likeness (QED) is 0.737. The molecule has 0 aromatic heterocycles. The molecule has 1 atom stereocenters. The molecule has 0 aromatic rings. The van der Waals surface area contributed by atoms with Gasteiger partial charge in [-0.05, 0) is 59.9 Å². The molecule has 16 heavy (non-hydrogen) atoms. The average Bonchev–Trinajstić information content (AvgIpc) is 1.96. The van der Waals surface area contributed by atoms with Crippen LogP contribution in [0.5, 0.6) is 0 Å². The Bertz CT molecular complexity index is 253. The predicted molar refractivity (Wildman–Crippen MR) is 65.3 cm³/mol. The largest absolute Gasteiger partial charge is 0.460 e. The number of esters is 1. The van der Waals surface area contributed by atoms with E-state index in [0.29, 0.717) is 12.3 Å². The Hall–Kier alpha value is -0.570. The fraction of sp³-hybridized carbons (Fsp3) is 0.923. The first kappa shape index (κ1) is 13.5. The molecule has 1 aliphatic heterocycles. The minimum Gasteiger partial charge on any atom is -0.460 e. The molecule has 1 aliphatic rings. The summed E-state index contributed by atoms with van der Waals surface area (Å²) >= 11 is 0. The van der Waals surface area contributed by atoms with Crippen molar-refractivity contribution in [2.24, 2.45) is 5.92 Å². The summed E-state index contributed by atoms with van der Waals surface area (Å²) in [5.41, 5.74) is -0.204. The summed E-state index contributed by atoms with van der Waals surface area (Å²) in [7, 11) is 0. The minimum absolute atomic E-state index is 0.0600. The first-order valence-corrected chi connectivity index (χ1v) is 6.15. The van der Waals surface area contributed by atoms with Crippen LogP contribution in [-0.2, 0) is 9.53 Å². The molecule has 1 N–H and O–H groups in total.